The molecular formula is C32H43N3O3. The molecule has 1 aromatic heterocycles. The molecule has 6 nitrogen and oxygen atoms in total. The molecule has 0 N–H and O–H groups in total. The van der Waals surface area contributed by atoms with E-state index < -0.39 is 5.54 Å². The van der Waals surface area contributed by atoms with E-state index in [4.69, 9.17) is 4.74 Å². The first-order chi connectivity index (χ1) is 18.1. The summed E-state index contributed by atoms with van der Waals surface area (Å²) in [5.74, 6) is 1.07. The first kappa shape index (κ1) is 29.0. The zero-order valence-electron chi connectivity index (χ0n) is 23.8. The van der Waals surface area contributed by atoms with Crippen molar-refractivity contribution in [1.82, 2.24) is 14.4 Å². The van der Waals surface area contributed by atoms with Crippen LogP contribution >= 0.6 is 0 Å². The van der Waals surface area contributed by atoms with Crippen molar-refractivity contribution in [2.45, 2.75) is 66.1 Å². The van der Waals surface area contributed by atoms with Crippen LogP contribution in [0.5, 0.6) is 5.75 Å². The zero-order chi connectivity index (χ0) is 27.7. The molecule has 0 fully saturated rings. The Balaban J connectivity index is 1.74. The summed E-state index contributed by atoms with van der Waals surface area (Å²) in [6.45, 7) is 12.1. The van der Waals surface area contributed by atoms with Crippen LogP contribution < -0.4 is 4.74 Å². The van der Waals surface area contributed by atoms with E-state index in [-0.39, 0.29) is 24.3 Å². The van der Waals surface area contributed by atoms with Crippen LogP contribution in [0.4, 0.5) is 0 Å². The Labute approximate surface area is 228 Å². The van der Waals surface area contributed by atoms with Gasteiger partial charge in [0.1, 0.15) is 5.75 Å². The molecule has 38 heavy (non-hydrogen) atoms. The minimum Gasteiger partial charge on any atom is -0.497 e. The number of nitrogens with zero attached hydrogens (tertiary/aromatic N) is 3. The second kappa shape index (κ2) is 13.3. The Bertz CT molecular complexity index is 1180. The molecule has 2 amide bonds. The van der Waals surface area contributed by atoms with Gasteiger partial charge < -0.3 is 19.1 Å². The van der Waals surface area contributed by atoms with Crippen LogP contribution in [0.1, 0.15) is 57.9 Å². The molecule has 0 aliphatic carbocycles. The van der Waals surface area contributed by atoms with Gasteiger partial charge in [0.15, 0.2) is 0 Å². The molecule has 3 rings (SSSR count). The van der Waals surface area contributed by atoms with E-state index >= 15 is 0 Å². The van der Waals surface area contributed by atoms with Gasteiger partial charge in [-0.05, 0) is 68.5 Å². The lowest BCUT2D eigenvalue weighted by molar-refractivity contribution is -0.144. The summed E-state index contributed by atoms with van der Waals surface area (Å²) in [6, 6.07) is 22.1. The monoisotopic (exact) mass is 517 g/mol. The number of carbonyl (C=O) groups excluding carboxylic acids is 2. The van der Waals surface area contributed by atoms with Crippen LogP contribution in [0, 0.1) is 5.92 Å². The van der Waals surface area contributed by atoms with Crippen molar-refractivity contribution >= 4 is 11.8 Å². The van der Waals surface area contributed by atoms with Gasteiger partial charge in [0.25, 0.3) is 0 Å². The first-order valence-corrected chi connectivity index (χ1v) is 13.5. The number of hydrogen-bond donors (Lipinski definition) is 0. The highest BCUT2D eigenvalue weighted by molar-refractivity contribution is 5.85. The number of amides is 2. The molecule has 3 aromatic rings. The van der Waals surface area contributed by atoms with Crippen LogP contribution in [0.2, 0.25) is 0 Å². The molecule has 0 unspecified atom stereocenters. The lowest BCUT2D eigenvalue weighted by Crippen LogP contribution is -2.51. The third-order valence-electron chi connectivity index (χ3n) is 6.58. The summed E-state index contributed by atoms with van der Waals surface area (Å²) >= 11 is 0. The predicted molar refractivity (Wildman–Crippen MR) is 153 cm³/mol. The predicted octanol–water partition coefficient (Wildman–Crippen LogP) is 5.79. The van der Waals surface area contributed by atoms with Gasteiger partial charge >= 0.3 is 0 Å². The lowest BCUT2D eigenvalue weighted by Gasteiger charge is -2.38. The highest BCUT2D eigenvalue weighted by atomic mass is 16.5. The largest absolute Gasteiger partial charge is 0.497 e. The third kappa shape index (κ3) is 8.51. The summed E-state index contributed by atoms with van der Waals surface area (Å²) in [7, 11) is 1.67. The number of ether oxygens (including phenoxy) is 1. The van der Waals surface area contributed by atoms with Crippen LogP contribution in [0.15, 0.2) is 72.9 Å². The minimum atomic E-state index is -0.404. The van der Waals surface area contributed by atoms with Crippen molar-refractivity contribution in [3.8, 4) is 5.75 Å². The smallest absolute Gasteiger partial charge is 0.242 e. The van der Waals surface area contributed by atoms with Crippen LogP contribution in [0.3, 0.4) is 0 Å². The molecule has 1 heterocycles. The number of hydrogen-bond acceptors (Lipinski definition) is 3. The highest BCUT2D eigenvalue weighted by Crippen LogP contribution is 2.21. The standard InChI is InChI=1S/C32H43N3O3/c1-25(2)21-34(30(36)18-17-26-12-8-7-9-13-26)24-31(37)35(32(3,4)5)23-28-15-11-19-33(28)22-27-14-10-16-29(20-27)38-6/h7-16,19-20,25H,17-18,21-24H2,1-6H3. The minimum absolute atomic E-state index is 0.0196. The van der Waals surface area contributed by atoms with E-state index in [1.807, 2.05) is 86.5 Å². The summed E-state index contributed by atoms with van der Waals surface area (Å²) in [6.07, 6.45) is 3.10. The average molecular weight is 518 g/mol. The summed E-state index contributed by atoms with van der Waals surface area (Å²) < 4.78 is 7.54. The molecule has 0 atom stereocenters. The van der Waals surface area contributed by atoms with E-state index in [0.717, 1.165) is 22.6 Å². The van der Waals surface area contributed by atoms with Crippen molar-refractivity contribution in [3.63, 3.8) is 0 Å². The third-order valence-corrected chi connectivity index (χ3v) is 6.58. The van der Waals surface area contributed by atoms with Crippen molar-refractivity contribution in [3.05, 3.63) is 89.7 Å². The molecule has 0 radical (unpaired) electrons. The molecule has 0 bridgehead atoms. The molecule has 204 valence electrons. The van der Waals surface area contributed by atoms with Gasteiger partial charge in [0, 0.05) is 36.9 Å². The fourth-order valence-electron chi connectivity index (χ4n) is 4.57. The number of rotatable bonds is 12. The maximum atomic E-state index is 13.7. The van der Waals surface area contributed by atoms with E-state index in [9.17, 15) is 9.59 Å². The molecule has 0 spiro atoms. The van der Waals surface area contributed by atoms with Gasteiger partial charge in [-0.25, -0.2) is 0 Å². The van der Waals surface area contributed by atoms with Gasteiger partial charge in [-0.3, -0.25) is 9.59 Å². The van der Waals surface area contributed by atoms with Crippen LogP contribution in [-0.4, -0.2) is 51.9 Å². The maximum Gasteiger partial charge on any atom is 0.242 e. The van der Waals surface area contributed by atoms with Gasteiger partial charge in [-0.1, -0.05) is 56.3 Å². The Morgan fingerprint density at radius 2 is 1.63 bits per heavy atom. The van der Waals surface area contributed by atoms with Crippen molar-refractivity contribution in [2.24, 2.45) is 5.92 Å². The highest BCUT2D eigenvalue weighted by Gasteiger charge is 2.30. The van der Waals surface area contributed by atoms with Crippen LogP contribution in [0.25, 0.3) is 0 Å². The number of benzene rings is 2. The Morgan fingerprint density at radius 3 is 2.29 bits per heavy atom. The van der Waals surface area contributed by atoms with Gasteiger partial charge in [0.2, 0.25) is 11.8 Å². The van der Waals surface area contributed by atoms with E-state index in [2.05, 4.69) is 30.5 Å². The Morgan fingerprint density at radius 1 is 0.921 bits per heavy atom. The average Bonchev–Trinajstić information content (AvgIpc) is 3.31. The van der Waals surface area contributed by atoms with Gasteiger partial charge in [0.05, 0.1) is 20.2 Å². The van der Waals surface area contributed by atoms with E-state index in [1.165, 1.54) is 0 Å². The molecule has 0 saturated carbocycles. The van der Waals surface area contributed by atoms with Crippen molar-refractivity contribution in [1.29, 1.82) is 0 Å². The van der Waals surface area contributed by atoms with E-state index in [1.54, 1.807) is 12.0 Å². The van der Waals surface area contributed by atoms with Crippen molar-refractivity contribution < 1.29 is 14.3 Å². The second-order valence-corrected chi connectivity index (χ2v) is 11.3. The maximum absolute atomic E-state index is 13.7. The molecular weight excluding hydrogens is 474 g/mol. The topological polar surface area (TPSA) is 54.8 Å². The Kier molecular flexibility index (Phi) is 10.2. The fraction of sp³-hybridized carbons (Fsp3) is 0.438. The van der Waals surface area contributed by atoms with Gasteiger partial charge in [-0.15, -0.1) is 0 Å². The summed E-state index contributed by atoms with van der Waals surface area (Å²) in [5.41, 5.74) is 2.90. The number of aromatic nitrogens is 1. The van der Waals surface area contributed by atoms with E-state index in [0.29, 0.717) is 32.5 Å². The SMILES string of the molecule is COc1cccc(Cn2cccc2CN(C(=O)CN(CC(C)C)C(=O)CCc2ccccc2)C(C)(C)C)c1. The molecule has 2 aromatic carbocycles. The fourth-order valence-corrected chi connectivity index (χ4v) is 4.57. The number of carbonyl (C=O) groups is 2. The normalized spacial score (nSPS) is 11.4. The van der Waals surface area contributed by atoms with Crippen LogP contribution in [-0.2, 0) is 29.1 Å². The van der Waals surface area contributed by atoms with Crippen molar-refractivity contribution in [2.75, 3.05) is 20.2 Å². The quantitative estimate of drug-likeness (QED) is 0.306. The second-order valence-electron chi connectivity index (χ2n) is 11.3. The number of methoxy groups -OCH3 is 1. The summed E-state index contributed by atoms with van der Waals surface area (Å²) in [4.78, 5) is 30.6. The molecule has 0 aliphatic rings. The lowest BCUT2D eigenvalue weighted by atomic mass is 10.0. The zero-order valence-corrected chi connectivity index (χ0v) is 23.8. The number of aryl methyl sites for hydroxylation is 1. The first-order valence-electron chi connectivity index (χ1n) is 13.5. The molecule has 0 aliphatic heterocycles. The summed E-state index contributed by atoms with van der Waals surface area (Å²) in [5, 5.41) is 0. The molecule has 6 heteroatoms. The Hall–Kier alpha value is -3.54. The molecule has 0 saturated heterocycles. The van der Waals surface area contributed by atoms with Gasteiger partial charge in [-0.2, -0.15) is 0 Å².